The van der Waals surface area contributed by atoms with Gasteiger partial charge in [0.25, 0.3) is 0 Å². The summed E-state index contributed by atoms with van der Waals surface area (Å²) >= 11 is 0. The zero-order chi connectivity index (χ0) is 22.8. The molecule has 0 aromatic heterocycles. The number of benzene rings is 2. The van der Waals surface area contributed by atoms with Crippen LogP contribution in [0.3, 0.4) is 0 Å². The Morgan fingerprint density at radius 2 is 1.66 bits per heavy atom. The second kappa shape index (κ2) is 11.9. The topological polar surface area (TPSA) is 69.2 Å². The fourth-order valence-corrected chi connectivity index (χ4v) is 3.65. The Kier molecular flexibility index (Phi) is 8.71. The van der Waals surface area contributed by atoms with E-state index in [9.17, 15) is 9.18 Å². The van der Waals surface area contributed by atoms with E-state index in [0.29, 0.717) is 32.0 Å². The predicted octanol–water partition coefficient (Wildman–Crippen LogP) is 2.28. The van der Waals surface area contributed by atoms with Gasteiger partial charge in [0.1, 0.15) is 11.6 Å². The van der Waals surface area contributed by atoms with Crippen LogP contribution < -0.4 is 20.3 Å². The molecule has 1 aliphatic heterocycles. The molecule has 3 rings (SSSR count). The number of anilines is 1. The van der Waals surface area contributed by atoms with Crippen molar-refractivity contribution in [2.75, 3.05) is 58.3 Å². The molecule has 172 valence electrons. The molecule has 0 unspecified atom stereocenters. The summed E-state index contributed by atoms with van der Waals surface area (Å²) in [5, 5.41) is 6.49. The van der Waals surface area contributed by atoms with Gasteiger partial charge in [-0.1, -0.05) is 12.1 Å². The van der Waals surface area contributed by atoms with Crippen LogP contribution in [0.1, 0.15) is 12.0 Å². The van der Waals surface area contributed by atoms with E-state index in [0.717, 1.165) is 37.5 Å². The van der Waals surface area contributed by atoms with Crippen molar-refractivity contribution in [1.82, 2.24) is 15.5 Å². The SMILES string of the molecule is CN=C(NCCC(=O)N1CCN(c2ccc(F)cc2)CC1)NCCc1ccc(OC)cc1. The van der Waals surface area contributed by atoms with Gasteiger partial charge < -0.3 is 25.2 Å². The first-order valence-corrected chi connectivity index (χ1v) is 10.9. The van der Waals surface area contributed by atoms with E-state index in [-0.39, 0.29) is 11.7 Å². The molecule has 1 aliphatic rings. The summed E-state index contributed by atoms with van der Waals surface area (Å²) in [4.78, 5) is 20.8. The van der Waals surface area contributed by atoms with Gasteiger partial charge in [0, 0.05) is 58.4 Å². The zero-order valence-electron chi connectivity index (χ0n) is 18.8. The fraction of sp³-hybridized carbons (Fsp3) is 0.417. The van der Waals surface area contributed by atoms with Crippen molar-refractivity contribution in [3.63, 3.8) is 0 Å². The summed E-state index contributed by atoms with van der Waals surface area (Å²) < 4.78 is 18.3. The van der Waals surface area contributed by atoms with Crippen LogP contribution in [0.15, 0.2) is 53.5 Å². The summed E-state index contributed by atoms with van der Waals surface area (Å²) in [6.45, 7) is 4.11. The largest absolute Gasteiger partial charge is 0.497 e. The van der Waals surface area contributed by atoms with Crippen molar-refractivity contribution in [3.8, 4) is 5.75 Å². The van der Waals surface area contributed by atoms with Crippen LogP contribution in [0.2, 0.25) is 0 Å². The first-order chi connectivity index (χ1) is 15.6. The van der Waals surface area contributed by atoms with Gasteiger partial charge in [0.2, 0.25) is 5.91 Å². The average molecular weight is 442 g/mol. The lowest BCUT2D eigenvalue weighted by Gasteiger charge is -2.36. The highest BCUT2D eigenvalue weighted by Gasteiger charge is 2.21. The third kappa shape index (κ3) is 6.87. The Morgan fingerprint density at radius 1 is 1.00 bits per heavy atom. The van der Waals surface area contributed by atoms with Crippen LogP contribution in [-0.2, 0) is 11.2 Å². The molecule has 1 amide bonds. The first-order valence-electron chi connectivity index (χ1n) is 10.9. The molecule has 1 saturated heterocycles. The zero-order valence-corrected chi connectivity index (χ0v) is 18.8. The van der Waals surface area contributed by atoms with E-state index in [2.05, 4.69) is 20.5 Å². The third-order valence-corrected chi connectivity index (χ3v) is 5.54. The first kappa shape index (κ1) is 23.4. The molecule has 0 aliphatic carbocycles. The summed E-state index contributed by atoms with van der Waals surface area (Å²) in [6.07, 6.45) is 1.28. The van der Waals surface area contributed by atoms with Crippen LogP contribution in [-0.4, -0.2) is 70.2 Å². The Balaban J connectivity index is 1.33. The number of hydrogen-bond donors (Lipinski definition) is 2. The minimum absolute atomic E-state index is 0.130. The molecule has 1 heterocycles. The molecule has 2 N–H and O–H groups in total. The Morgan fingerprint density at radius 3 is 2.28 bits per heavy atom. The molecule has 2 aromatic carbocycles. The summed E-state index contributed by atoms with van der Waals surface area (Å²) in [5.41, 5.74) is 2.20. The quantitative estimate of drug-likeness (QED) is 0.486. The van der Waals surface area contributed by atoms with Crippen LogP contribution in [0, 0.1) is 5.82 Å². The predicted molar refractivity (Wildman–Crippen MR) is 126 cm³/mol. The Hall–Kier alpha value is -3.29. The van der Waals surface area contributed by atoms with Crippen molar-refractivity contribution < 1.29 is 13.9 Å². The van der Waals surface area contributed by atoms with Gasteiger partial charge in [0.15, 0.2) is 5.96 Å². The number of nitrogens with zero attached hydrogens (tertiary/aromatic N) is 3. The molecular weight excluding hydrogens is 409 g/mol. The highest BCUT2D eigenvalue weighted by Crippen LogP contribution is 2.17. The maximum atomic E-state index is 13.1. The highest BCUT2D eigenvalue weighted by molar-refractivity contribution is 5.81. The van der Waals surface area contributed by atoms with Crippen molar-refractivity contribution in [1.29, 1.82) is 0 Å². The van der Waals surface area contributed by atoms with Gasteiger partial charge in [-0.3, -0.25) is 9.79 Å². The van der Waals surface area contributed by atoms with Crippen LogP contribution in [0.25, 0.3) is 0 Å². The lowest BCUT2D eigenvalue weighted by atomic mass is 10.1. The van der Waals surface area contributed by atoms with Gasteiger partial charge in [0.05, 0.1) is 7.11 Å². The molecule has 0 saturated carbocycles. The number of carbonyl (C=O) groups excluding carboxylic acids is 1. The van der Waals surface area contributed by atoms with Gasteiger partial charge in [-0.05, 0) is 48.4 Å². The summed E-state index contributed by atoms with van der Waals surface area (Å²) in [6, 6.07) is 14.5. The van der Waals surface area contributed by atoms with E-state index in [1.54, 1.807) is 26.3 Å². The van der Waals surface area contributed by atoms with E-state index in [1.807, 2.05) is 29.2 Å². The number of hydrogen-bond acceptors (Lipinski definition) is 4. The normalized spacial score (nSPS) is 14.3. The number of piperazine rings is 1. The highest BCUT2D eigenvalue weighted by atomic mass is 19.1. The van der Waals surface area contributed by atoms with Crippen LogP contribution in [0.5, 0.6) is 5.75 Å². The maximum absolute atomic E-state index is 13.1. The summed E-state index contributed by atoms with van der Waals surface area (Å²) in [5.74, 6) is 1.43. The van der Waals surface area contributed by atoms with Gasteiger partial charge in [-0.15, -0.1) is 0 Å². The standard InChI is InChI=1S/C24H32FN5O2/c1-26-24(27-13-11-19-3-9-22(32-2)10-4-19)28-14-12-23(31)30-17-15-29(16-18-30)21-7-5-20(25)6-8-21/h3-10H,11-18H2,1-2H3,(H2,26,27,28). The van der Waals surface area contributed by atoms with E-state index in [1.165, 1.54) is 17.7 Å². The maximum Gasteiger partial charge on any atom is 0.224 e. The second-order valence-corrected chi connectivity index (χ2v) is 7.62. The molecule has 1 fully saturated rings. The molecule has 0 spiro atoms. The van der Waals surface area contributed by atoms with Gasteiger partial charge in [-0.25, -0.2) is 4.39 Å². The minimum Gasteiger partial charge on any atom is -0.497 e. The molecule has 2 aromatic rings. The molecule has 0 radical (unpaired) electrons. The second-order valence-electron chi connectivity index (χ2n) is 7.62. The number of rotatable bonds is 8. The number of ether oxygens (including phenoxy) is 1. The van der Waals surface area contributed by atoms with E-state index >= 15 is 0 Å². The monoisotopic (exact) mass is 441 g/mol. The molecule has 7 nitrogen and oxygen atoms in total. The lowest BCUT2D eigenvalue weighted by molar-refractivity contribution is -0.131. The smallest absolute Gasteiger partial charge is 0.224 e. The van der Waals surface area contributed by atoms with Gasteiger partial charge in [-0.2, -0.15) is 0 Å². The number of halogens is 1. The van der Waals surface area contributed by atoms with Crippen LogP contribution >= 0.6 is 0 Å². The molecule has 8 heteroatoms. The van der Waals surface area contributed by atoms with Crippen molar-refractivity contribution in [3.05, 3.63) is 59.9 Å². The molecule has 0 bridgehead atoms. The van der Waals surface area contributed by atoms with E-state index < -0.39 is 0 Å². The minimum atomic E-state index is -0.236. The van der Waals surface area contributed by atoms with Crippen molar-refractivity contribution in [2.45, 2.75) is 12.8 Å². The number of amides is 1. The molecular formula is C24H32FN5O2. The van der Waals surface area contributed by atoms with Crippen molar-refractivity contribution >= 4 is 17.6 Å². The number of carbonyl (C=O) groups is 1. The van der Waals surface area contributed by atoms with Crippen LogP contribution in [0.4, 0.5) is 10.1 Å². The Bertz CT molecular complexity index is 878. The lowest BCUT2D eigenvalue weighted by Crippen LogP contribution is -2.49. The van der Waals surface area contributed by atoms with Crippen molar-refractivity contribution in [2.24, 2.45) is 4.99 Å². The summed E-state index contributed by atoms with van der Waals surface area (Å²) in [7, 11) is 3.38. The Labute approximate surface area is 189 Å². The third-order valence-electron chi connectivity index (χ3n) is 5.54. The van der Waals surface area contributed by atoms with E-state index in [4.69, 9.17) is 4.74 Å². The number of nitrogens with one attached hydrogen (secondary N) is 2. The average Bonchev–Trinajstić information content (AvgIpc) is 2.84. The number of aliphatic imine (C=N–C) groups is 1. The number of guanidine groups is 1. The fourth-order valence-electron chi connectivity index (χ4n) is 3.65. The molecule has 32 heavy (non-hydrogen) atoms. The van der Waals surface area contributed by atoms with Gasteiger partial charge >= 0.3 is 0 Å². The molecule has 0 atom stereocenters. The number of methoxy groups -OCH3 is 1.